The number of ether oxygens (including phenoxy) is 3. The van der Waals surface area contributed by atoms with E-state index < -0.39 is 91.5 Å². The summed E-state index contributed by atoms with van der Waals surface area (Å²) < 4.78 is 61.2. The number of unbranched alkanes of at least 4 members (excludes halogenated alkanes) is 33. The van der Waals surface area contributed by atoms with E-state index in [9.17, 15) is 43.5 Å². The standard InChI is InChI=1S/C87H150O16P2/c1-4-7-10-13-16-19-22-25-27-29-31-33-35-37-38-39-40-41-42-44-46-47-49-51-53-56-58-61-64-67-70-73-85(90)97-76-82(88)77-99-104(93,94)100-78-83(89)79-101-105(95,96)102-81-84(103-87(92)75-72-69-66-63-60-55-24-21-18-15-12-9-6-3)80-98-86(91)74-71-68-65-62-59-57-54-52-50-48-45-43-36-34-32-30-28-26-23-20-17-14-11-8-5-2/h8,11,16-17,19-21,24-28,31-34,37-38,43,45,50,52,82-84,88-89H,4-7,9-10,12-15,18,22-23,29-30,35-36,39-42,44,46-49,51,53-81H2,1-3H3,(H,93,94)(H,95,96)/b11-8-,19-16-,20-17-,24-21-,27-25-,28-26-,33-31-,34-32-,38-37-,45-43-,52-50-. The van der Waals surface area contributed by atoms with Crippen molar-refractivity contribution in [1.82, 2.24) is 0 Å². The number of hydrogen-bond donors (Lipinski definition) is 4. The lowest BCUT2D eigenvalue weighted by atomic mass is 10.0. The van der Waals surface area contributed by atoms with Crippen molar-refractivity contribution in [3.63, 3.8) is 0 Å². The highest BCUT2D eigenvalue weighted by molar-refractivity contribution is 7.47. The summed E-state index contributed by atoms with van der Waals surface area (Å²) in [6, 6.07) is 0. The van der Waals surface area contributed by atoms with Gasteiger partial charge in [-0.15, -0.1) is 0 Å². The molecule has 18 heteroatoms. The minimum absolute atomic E-state index is 0.0886. The van der Waals surface area contributed by atoms with Crippen LogP contribution in [-0.2, 0) is 55.8 Å². The number of phosphoric acid groups is 2. The molecule has 0 radical (unpaired) electrons. The Balaban J connectivity index is 4.48. The highest BCUT2D eigenvalue weighted by Gasteiger charge is 2.29. The van der Waals surface area contributed by atoms with E-state index in [4.69, 9.17) is 32.3 Å². The Labute approximate surface area is 639 Å². The van der Waals surface area contributed by atoms with Crippen LogP contribution in [0.1, 0.15) is 342 Å². The summed E-state index contributed by atoms with van der Waals surface area (Å²) in [5.41, 5.74) is 0. The van der Waals surface area contributed by atoms with Crippen molar-refractivity contribution in [2.75, 3.05) is 39.6 Å². The van der Waals surface area contributed by atoms with E-state index in [0.717, 1.165) is 154 Å². The second-order valence-corrected chi connectivity index (χ2v) is 30.4. The van der Waals surface area contributed by atoms with Gasteiger partial charge in [0.15, 0.2) is 6.10 Å². The van der Waals surface area contributed by atoms with Crippen molar-refractivity contribution >= 4 is 33.6 Å². The molecule has 0 amide bonds. The summed E-state index contributed by atoms with van der Waals surface area (Å²) in [5.74, 6) is -1.60. The second-order valence-electron chi connectivity index (χ2n) is 27.5. The van der Waals surface area contributed by atoms with E-state index in [1.54, 1.807) is 0 Å². The van der Waals surface area contributed by atoms with Gasteiger partial charge in [-0.2, -0.15) is 0 Å². The van der Waals surface area contributed by atoms with Crippen molar-refractivity contribution in [3.8, 4) is 0 Å². The van der Waals surface area contributed by atoms with Gasteiger partial charge in [0.1, 0.15) is 25.4 Å². The number of rotatable bonds is 78. The molecular weight excluding hydrogens is 1360 g/mol. The van der Waals surface area contributed by atoms with Crippen molar-refractivity contribution in [1.29, 1.82) is 0 Å². The Morgan fingerprint density at radius 2 is 0.505 bits per heavy atom. The van der Waals surface area contributed by atoms with Crippen molar-refractivity contribution in [2.45, 2.75) is 360 Å². The zero-order valence-corrected chi connectivity index (χ0v) is 67.9. The SMILES string of the molecule is CC/C=C\C/C=C\C/C=C\C/C=C\C/C=C\C/C=C\CCCCCCCCC(=O)OCC(COP(=O)(O)OCC(O)COP(=O)(O)OCC(O)COC(=O)CCCCCCCCCCCCCCCCC/C=C\C/C=C\C/C=C\C/C=C\CCCCC)OC(=O)CCCCCCC/C=C\CCCCCC. The number of carbonyl (C=O) groups excluding carboxylic acids is 3. The molecule has 0 aromatic carbocycles. The van der Waals surface area contributed by atoms with Crippen LogP contribution in [0, 0.1) is 0 Å². The molecule has 0 aromatic rings. The van der Waals surface area contributed by atoms with Gasteiger partial charge in [-0.1, -0.05) is 315 Å². The molecule has 0 aromatic heterocycles. The summed E-state index contributed by atoms with van der Waals surface area (Å²) >= 11 is 0. The Morgan fingerprint density at radius 3 is 0.829 bits per heavy atom. The third-order valence-corrected chi connectivity index (χ3v) is 19.2. The molecule has 0 bridgehead atoms. The van der Waals surface area contributed by atoms with Crippen LogP contribution < -0.4 is 0 Å². The summed E-state index contributed by atoms with van der Waals surface area (Å²) in [4.78, 5) is 58.7. The topological polar surface area (TPSA) is 231 Å². The summed E-state index contributed by atoms with van der Waals surface area (Å²) in [5, 5.41) is 20.7. The smallest absolute Gasteiger partial charge is 0.463 e. The molecule has 0 heterocycles. The van der Waals surface area contributed by atoms with Crippen LogP contribution in [0.5, 0.6) is 0 Å². The molecule has 105 heavy (non-hydrogen) atoms. The number of allylic oxidation sites excluding steroid dienone is 22. The van der Waals surface area contributed by atoms with Crippen LogP contribution in [0.4, 0.5) is 0 Å². The Morgan fingerprint density at radius 1 is 0.276 bits per heavy atom. The van der Waals surface area contributed by atoms with Crippen LogP contribution in [-0.4, -0.2) is 95.9 Å². The molecular formula is C87H150O16P2. The molecule has 0 rings (SSSR count). The first-order chi connectivity index (χ1) is 51.2. The molecule has 0 fully saturated rings. The Bertz CT molecular complexity index is 2440. The zero-order valence-electron chi connectivity index (χ0n) is 66.1. The molecule has 0 aliphatic rings. The average molecular weight is 1510 g/mol. The van der Waals surface area contributed by atoms with Gasteiger partial charge in [0, 0.05) is 19.3 Å². The lowest BCUT2D eigenvalue weighted by molar-refractivity contribution is -0.161. The van der Waals surface area contributed by atoms with Gasteiger partial charge >= 0.3 is 33.6 Å². The minimum Gasteiger partial charge on any atom is -0.463 e. The van der Waals surface area contributed by atoms with Crippen molar-refractivity contribution < 1.29 is 75.8 Å². The molecule has 4 N–H and O–H groups in total. The highest BCUT2D eigenvalue weighted by Crippen LogP contribution is 2.45. The summed E-state index contributed by atoms with van der Waals surface area (Å²) in [6.07, 6.45) is 96.5. The number of hydrogen-bond acceptors (Lipinski definition) is 14. The lowest BCUT2D eigenvalue weighted by Crippen LogP contribution is -2.30. The summed E-state index contributed by atoms with van der Waals surface area (Å²) in [7, 11) is -9.80. The normalized spacial score (nSPS) is 14.6. The molecule has 0 saturated carbocycles. The fourth-order valence-corrected chi connectivity index (χ4v) is 12.6. The van der Waals surface area contributed by atoms with Crippen LogP contribution >= 0.6 is 15.6 Å². The third-order valence-electron chi connectivity index (χ3n) is 17.3. The first-order valence-electron chi connectivity index (χ1n) is 41.5. The molecule has 5 atom stereocenters. The second kappa shape index (κ2) is 79.2. The van der Waals surface area contributed by atoms with Gasteiger partial charge in [0.2, 0.25) is 0 Å². The van der Waals surface area contributed by atoms with E-state index in [1.807, 2.05) is 0 Å². The van der Waals surface area contributed by atoms with E-state index >= 15 is 0 Å². The van der Waals surface area contributed by atoms with E-state index in [1.165, 1.54) is 128 Å². The molecule has 5 unspecified atom stereocenters. The Kier molecular flexibility index (Phi) is 76.0. The number of esters is 3. The number of aliphatic hydroxyl groups excluding tert-OH is 2. The van der Waals surface area contributed by atoms with Crippen LogP contribution in [0.15, 0.2) is 134 Å². The Hall–Kier alpha value is -4.31. The molecule has 0 aliphatic heterocycles. The largest absolute Gasteiger partial charge is 0.472 e. The lowest BCUT2D eigenvalue weighted by Gasteiger charge is -2.21. The van der Waals surface area contributed by atoms with E-state index in [0.29, 0.717) is 19.3 Å². The van der Waals surface area contributed by atoms with Gasteiger partial charge in [-0.25, -0.2) is 9.13 Å². The number of carbonyl (C=O) groups is 3. The van der Waals surface area contributed by atoms with Crippen molar-refractivity contribution in [2.24, 2.45) is 0 Å². The molecule has 16 nitrogen and oxygen atoms in total. The first-order valence-corrected chi connectivity index (χ1v) is 44.5. The monoisotopic (exact) mass is 1510 g/mol. The molecule has 0 aliphatic carbocycles. The first kappa shape index (κ1) is 101. The molecule has 0 spiro atoms. The minimum atomic E-state index is -4.94. The maximum Gasteiger partial charge on any atom is 0.472 e. The number of aliphatic hydroxyl groups is 2. The highest BCUT2D eigenvalue weighted by atomic mass is 31.2. The predicted octanol–water partition coefficient (Wildman–Crippen LogP) is 24.7. The van der Waals surface area contributed by atoms with Crippen molar-refractivity contribution in [3.05, 3.63) is 134 Å². The molecule has 0 saturated heterocycles. The van der Waals surface area contributed by atoms with Crippen LogP contribution in [0.2, 0.25) is 0 Å². The molecule has 604 valence electrons. The third kappa shape index (κ3) is 80.5. The van der Waals surface area contributed by atoms with Gasteiger partial charge in [-0.05, 0) is 141 Å². The maximum atomic E-state index is 13.0. The van der Waals surface area contributed by atoms with Crippen LogP contribution in [0.3, 0.4) is 0 Å². The fraction of sp³-hybridized carbons (Fsp3) is 0.713. The van der Waals surface area contributed by atoms with E-state index in [2.05, 4.69) is 154 Å². The van der Waals surface area contributed by atoms with Gasteiger partial charge < -0.3 is 34.2 Å². The summed E-state index contributed by atoms with van der Waals surface area (Å²) in [6.45, 7) is 2.52. The van der Waals surface area contributed by atoms with Gasteiger partial charge in [0.05, 0.1) is 26.4 Å². The average Bonchev–Trinajstić information content (AvgIpc) is 0.914. The quantitative estimate of drug-likeness (QED) is 0.0146. The van der Waals surface area contributed by atoms with E-state index in [-0.39, 0.29) is 19.3 Å². The zero-order chi connectivity index (χ0) is 76.6. The fourth-order valence-electron chi connectivity index (χ4n) is 11.0. The van der Waals surface area contributed by atoms with Gasteiger partial charge in [-0.3, -0.25) is 32.5 Å². The predicted molar refractivity (Wildman–Crippen MR) is 436 cm³/mol. The van der Waals surface area contributed by atoms with Gasteiger partial charge in [0.25, 0.3) is 0 Å². The number of phosphoric ester groups is 2. The maximum absolute atomic E-state index is 13.0. The van der Waals surface area contributed by atoms with Crippen LogP contribution in [0.25, 0.3) is 0 Å².